The van der Waals surface area contributed by atoms with Crippen LogP contribution in [0.1, 0.15) is 48.4 Å². The normalized spacial score (nSPS) is 21.9. The maximum atomic E-state index is 13.7. The van der Waals surface area contributed by atoms with Gasteiger partial charge in [-0.2, -0.15) is 0 Å². The van der Waals surface area contributed by atoms with E-state index in [0.717, 1.165) is 39.7 Å². The van der Waals surface area contributed by atoms with Crippen LogP contribution in [0.25, 0.3) is 10.9 Å². The Balaban J connectivity index is 1.72. The summed E-state index contributed by atoms with van der Waals surface area (Å²) in [6.07, 6.45) is 3.87. The lowest BCUT2D eigenvalue weighted by atomic mass is 9.71. The minimum Gasteiger partial charge on any atom is -0.465 e. The van der Waals surface area contributed by atoms with E-state index >= 15 is 0 Å². The molecule has 6 heteroatoms. The molecule has 0 spiro atoms. The Kier molecular flexibility index (Phi) is 5.29. The van der Waals surface area contributed by atoms with Crippen LogP contribution in [0.4, 0.5) is 4.39 Å². The number of para-hydroxylation sites is 1. The summed E-state index contributed by atoms with van der Waals surface area (Å²) in [5.41, 5.74) is 4.63. The number of allylic oxidation sites excluding steroid dienone is 1. The number of fused-ring (bicyclic) bond motifs is 3. The van der Waals surface area contributed by atoms with E-state index in [1.165, 1.54) is 12.1 Å². The molecular formula is C26H25FN2O3. The molecule has 1 amide bonds. The average Bonchev–Trinajstić information content (AvgIpc) is 3.37. The SMILES string of the molecule is CCOC(=O)C1c2[nH]c3ccccc3c2C/C(=C\N2CCCC2=O)C1c1ccc(F)cc1. The molecule has 0 radical (unpaired) electrons. The summed E-state index contributed by atoms with van der Waals surface area (Å²) in [5, 5.41) is 1.06. The lowest BCUT2D eigenvalue weighted by Gasteiger charge is -2.34. The van der Waals surface area contributed by atoms with Gasteiger partial charge in [0.15, 0.2) is 0 Å². The molecule has 1 N–H and O–H groups in total. The number of hydrogen-bond donors (Lipinski definition) is 1. The second-order valence-electron chi connectivity index (χ2n) is 8.39. The summed E-state index contributed by atoms with van der Waals surface area (Å²) in [6, 6.07) is 14.3. The highest BCUT2D eigenvalue weighted by molar-refractivity contribution is 5.90. The summed E-state index contributed by atoms with van der Waals surface area (Å²) >= 11 is 0. The number of carbonyl (C=O) groups excluding carboxylic acids is 2. The lowest BCUT2D eigenvalue weighted by molar-refractivity contribution is -0.145. The number of aromatic amines is 1. The highest BCUT2D eigenvalue weighted by Gasteiger charge is 2.42. The van der Waals surface area contributed by atoms with Crippen molar-refractivity contribution in [2.24, 2.45) is 0 Å². The molecule has 0 bridgehead atoms. The first-order valence-corrected chi connectivity index (χ1v) is 11.1. The molecule has 1 aromatic heterocycles. The van der Waals surface area contributed by atoms with E-state index in [2.05, 4.69) is 4.98 Å². The Morgan fingerprint density at radius 1 is 1.22 bits per heavy atom. The Morgan fingerprint density at radius 3 is 2.72 bits per heavy atom. The summed E-state index contributed by atoms with van der Waals surface area (Å²) < 4.78 is 19.2. The second kappa shape index (κ2) is 8.26. The fraction of sp³-hybridized carbons (Fsp3) is 0.308. The van der Waals surface area contributed by atoms with Gasteiger partial charge in [0.25, 0.3) is 0 Å². The van der Waals surface area contributed by atoms with Crippen molar-refractivity contribution in [2.45, 2.75) is 38.0 Å². The van der Waals surface area contributed by atoms with Crippen LogP contribution in [0.3, 0.4) is 0 Å². The van der Waals surface area contributed by atoms with Crippen LogP contribution in [0.5, 0.6) is 0 Å². The highest BCUT2D eigenvalue weighted by Crippen LogP contribution is 2.48. The van der Waals surface area contributed by atoms with Crippen molar-refractivity contribution in [3.8, 4) is 0 Å². The quantitative estimate of drug-likeness (QED) is 0.603. The molecule has 1 fully saturated rings. The average molecular weight is 432 g/mol. The van der Waals surface area contributed by atoms with E-state index in [0.29, 0.717) is 19.4 Å². The number of nitrogens with zero attached hydrogens (tertiary/aromatic N) is 1. The minimum atomic E-state index is -0.611. The topological polar surface area (TPSA) is 62.4 Å². The van der Waals surface area contributed by atoms with Gasteiger partial charge in [-0.3, -0.25) is 9.59 Å². The van der Waals surface area contributed by atoms with Crippen molar-refractivity contribution in [1.29, 1.82) is 0 Å². The maximum absolute atomic E-state index is 13.7. The number of likely N-dealkylation sites (tertiary alicyclic amines) is 1. The predicted octanol–water partition coefficient (Wildman–Crippen LogP) is 4.80. The molecule has 5 rings (SSSR count). The highest BCUT2D eigenvalue weighted by atomic mass is 19.1. The van der Waals surface area contributed by atoms with Crippen molar-refractivity contribution in [3.05, 3.63) is 82.9 Å². The van der Waals surface area contributed by atoms with Crippen LogP contribution >= 0.6 is 0 Å². The molecule has 2 aliphatic rings. The van der Waals surface area contributed by atoms with Crippen molar-refractivity contribution >= 4 is 22.8 Å². The number of amides is 1. The van der Waals surface area contributed by atoms with E-state index in [1.54, 1.807) is 24.0 Å². The molecule has 2 aromatic carbocycles. The number of rotatable bonds is 4. The van der Waals surface area contributed by atoms with Gasteiger partial charge in [0.05, 0.1) is 6.61 Å². The molecule has 5 nitrogen and oxygen atoms in total. The van der Waals surface area contributed by atoms with E-state index in [4.69, 9.17) is 4.74 Å². The van der Waals surface area contributed by atoms with Gasteiger partial charge in [-0.25, -0.2) is 4.39 Å². The number of halogens is 1. The number of benzene rings is 2. The van der Waals surface area contributed by atoms with Crippen LogP contribution < -0.4 is 0 Å². The first-order valence-electron chi connectivity index (χ1n) is 11.1. The number of nitrogens with one attached hydrogen (secondary N) is 1. The second-order valence-corrected chi connectivity index (χ2v) is 8.39. The molecule has 1 aliphatic heterocycles. The number of carbonyl (C=O) groups is 2. The van der Waals surface area contributed by atoms with Gasteiger partial charge in [-0.1, -0.05) is 30.3 Å². The smallest absolute Gasteiger partial charge is 0.315 e. The number of ether oxygens (including phenoxy) is 1. The van der Waals surface area contributed by atoms with Gasteiger partial charge in [0, 0.05) is 41.7 Å². The molecular weight excluding hydrogens is 407 g/mol. The summed E-state index contributed by atoms with van der Waals surface area (Å²) in [7, 11) is 0. The van der Waals surface area contributed by atoms with Crippen LogP contribution in [0.15, 0.2) is 60.3 Å². The third kappa shape index (κ3) is 3.49. The van der Waals surface area contributed by atoms with Crippen LogP contribution in [-0.4, -0.2) is 34.9 Å². The predicted molar refractivity (Wildman–Crippen MR) is 120 cm³/mol. The Bertz CT molecular complexity index is 1210. The third-order valence-electron chi connectivity index (χ3n) is 6.47. The van der Waals surface area contributed by atoms with Crippen LogP contribution in [-0.2, 0) is 20.7 Å². The van der Waals surface area contributed by atoms with Gasteiger partial charge in [0.2, 0.25) is 5.91 Å². The number of aromatic nitrogens is 1. The van der Waals surface area contributed by atoms with Gasteiger partial charge >= 0.3 is 5.97 Å². The Labute approximate surface area is 185 Å². The molecule has 164 valence electrons. The van der Waals surface area contributed by atoms with Gasteiger partial charge in [0.1, 0.15) is 11.7 Å². The molecule has 2 atom stereocenters. The molecule has 3 aromatic rings. The molecule has 1 saturated heterocycles. The first-order chi connectivity index (χ1) is 15.6. The molecule has 2 heterocycles. The largest absolute Gasteiger partial charge is 0.465 e. The van der Waals surface area contributed by atoms with E-state index < -0.39 is 5.92 Å². The number of hydrogen-bond acceptors (Lipinski definition) is 3. The fourth-order valence-corrected chi connectivity index (χ4v) is 5.07. The van der Waals surface area contributed by atoms with Crippen molar-refractivity contribution in [3.63, 3.8) is 0 Å². The summed E-state index contributed by atoms with van der Waals surface area (Å²) in [4.78, 5) is 30.9. The Hall–Kier alpha value is -3.41. The van der Waals surface area contributed by atoms with Crippen molar-refractivity contribution in [1.82, 2.24) is 9.88 Å². The molecule has 32 heavy (non-hydrogen) atoms. The zero-order valence-corrected chi connectivity index (χ0v) is 17.9. The van der Waals surface area contributed by atoms with Crippen molar-refractivity contribution in [2.75, 3.05) is 13.2 Å². The minimum absolute atomic E-state index is 0.0905. The Morgan fingerprint density at radius 2 is 2.00 bits per heavy atom. The zero-order valence-electron chi connectivity index (χ0n) is 17.9. The summed E-state index contributed by atoms with van der Waals surface area (Å²) in [5.74, 6) is -1.53. The van der Waals surface area contributed by atoms with E-state index in [1.807, 2.05) is 30.5 Å². The molecule has 1 aliphatic carbocycles. The first kappa shape index (κ1) is 20.5. The number of esters is 1. The van der Waals surface area contributed by atoms with Crippen LogP contribution in [0.2, 0.25) is 0 Å². The van der Waals surface area contributed by atoms with Crippen LogP contribution in [0, 0.1) is 5.82 Å². The van der Waals surface area contributed by atoms with E-state index in [9.17, 15) is 14.0 Å². The maximum Gasteiger partial charge on any atom is 0.315 e. The van der Waals surface area contributed by atoms with Gasteiger partial charge < -0.3 is 14.6 Å². The van der Waals surface area contributed by atoms with Gasteiger partial charge in [-0.15, -0.1) is 0 Å². The zero-order chi connectivity index (χ0) is 22.2. The standard InChI is InChI=1S/C26H25FN2O3/c1-2-32-26(31)24-23(16-9-11-18(27)12-10-16)17(15-29-13-5-8-22(29)30)14-20-19-6-3-4-7-21(19)28-25(20)24/h3-4,6-7,9-12,15,23-24,28H,2,5,8,13-14H2,1H3/b17-15+. The summed E-state index contributed by atoms with van der Waals surface area (Å²) in [6.45, 7) is 2.73. The fourth-order valence-electron chi connectivity index (χ4n) is 5.07. The van der Waals surface area contributed by atoms with Gasteiger partial charge in [-0.05, 0) is 54.7 Å². The number of H-pyrrole nitrogens is 1. The molecule has 0 saturated carbocycles. The van der Waals surface area contributed by atoms with Crippen molar-refractivity contribution < 1.29 is 18.7 Å². The lowest BCUT2D eigenvalue weighted by Crippen LogP contribution is -2.31. The third-order valence-corrected chi connectivity index (χ3v) is 6.47. The monoisotopic (exact) mass is 432 g/mol. The van der Waals surface area contributed by atoms with E-state index in [-0.39, 0.29) is 30.2 Å². The molecule has 2 unspecified atom stereocenters.